The lowest BCUT2D eigenvalue weighted by molar-refractivity contribution is 0.350. The molecule has 0 radical (unpaired) electrons. The highest BCUT2D eigenvalue weighted by Crippen LogP contribution is 2.16. The van der Waals surface area contributed by atoms with Crippen LogP contribution in [0.3, 0.4) is 0 Å². The molecule has 2 nitrogen and oxygen atoms in total. The Labute approximate surface area is 74.4 Å². The summed E-state index contributed by atoms with van der Waals surface area (Å²) < 4.78 is 0. The minimum atomic E-state index is -0.0215. The molecule has 0 aliphatic heterocycles. The fourth-order valence-electron chi connectivity index (χ4n) is 1.62. The maximum Gasteiger partial charge on any atom is 0.104 e. The van der Waals surface area contributed by atoms with Crippen LogP contribution in [-0.4, -0.2) is 24.3 Å². The minimum absolute atomic E-state index is 0.0215. The molecule has 1 saturated carbocycles. The molecular weight excluding hydrogens is 150 g/mol. The lowest BCUT2D eigenvalue weighted by Gasteiger charge is -2.21. The van der Waals surface area contributed by atoms with Crippen LogP contribution in [0.25, 0.3) is 0 Å². The zero-order chi connectivity index (χ0) is 8.65. The summed E-state index contributed by atoms with van der Waals surface area (Å²) in [5, 5.41) is 11.8. The van der Waals surface area contributed by atoms with Crippen molar-refractivity contribution in [2.75, 3.05) is 13.2 Å². The number of hydrogen-bond acceptors (Lipinski definition) is 2. The SMILES string of the molecule is OCC#CCNC1CCCCC1. The molecule has 0 aromatic carbocycles. The van der Waals surface area contributed by atoms with Crippen molar-refractivity contribution in [2.45, 2.75) is 38.1 Å². The van der Waals surface area contributed by atoms with Gasteiger partial charge >= 0.3 is 0 Å². The minimum Gasteiger partial charge on any atom is -0.384 e. The Morgan fingerprint density at radius 2 is 1.92 bits per heavy atom. The third-order valence-electron chi connectivity index (χ3n) is 2.29. The smallest absolute Gasteiger partial charge is 0.104 e. The summed E-state index contributed by atoms with van der Waals surface area (Å²) in [7, 11) is 0. The topological polar surface area (TPSA) is 32.3 Å². The average molecular weight is 167 g/mol. The molecule has 1 rings (SSSR count). The van der Waals surface area contributed by atoms with Crippen LogP contribution in [0.4, 0.5) is 0 Å². The number of nitrogens with one attached hydrogen (secondary N) is 1. The molecule has 0 aromatic rings. The van der Waals surface area contributed by atoms with Gasteiger partial charge in [-0.15, -0.1) is 0 Å². The van der Waals surface area contributed by atoms with E-state index in [4.69, 9.17) is 5.11 Å². The quantitative estimate of drug-likeness (QED) is 0.599. The van der Waals surface area contributed by atoms with Crippen LogP contribution in [-0.2, 0) is 0 Å². The van der Waals surface area contributed by atoms with E-state index in [1.54, 1.807) is 0 Å². The fraction of sp³-hybridized carbons (Fsp3) is 0.800. The molecule has 68 valence electrons. The van der Waals surface area contributed by atoms with Gasteiger partial charge in [-0.2, -0.15) is 0 Å². The molecule has 1 fully saturated rings. The first kappa shape index (κ1) is 9.57. The molecule has 0 aromatic heterocycles. The van der Waals surface area contributed by atoms with Gasteiger partial charge in [0, 0.05) is 6.04 Å². The molecule has 12 heavy (non-hydrogen) atoms. The summed E-state index contributed by atoms with van der Waals surface area (Å²) in [5.74, 6) is 5.50. The van der Waals surface area contributed by atoms with Gasteiger partial charge in [0.1, 0.15) is 6.61 Å². The zero-order valence-electron chi connectivity index (χ0n) is 7.47. The number of hydrogen-bond donors (Lipinski definition) is 2. The van der Waals surface area contributed by atoms with E-state index in [1.807, 2.05) is 0 Å². The Hall–Kier alpha value is -0.520. The summed E-state index contributed by atoms with van der Waals surface area (Å²) in [6.45, 7) is 0.706. The van der Waals surface area contributed by atoms with Crippen molar-refractivity contribution in [3.8, 4) is 11.8 Å². The van der Waals surface area contributed by atoms with Crippen LogP contribution in [0.15, 0.2) is 0 Å². The first-order chi connectivity index (χ1) is 5.93. The standard InChI is InChI=1S/C10H17NO/c12-9-5-4-8-11-10-6-2-1-3-7-10/h10-12H,1-3,6-9H2. The molecule has 0 unspecified atom stereocenters. The van der Waals surface area contributed by atoms with Crippen LogP contribution in [0.1, 0.15) is 32.1 Å². The van der Waals surface area contributed by atoms with Crippen molar-refractivity contribution in [2.24, 2.45) is 0 Å². The first-order valence-electron chi connectivity index (χ1n) is 4.73. The van der Waals surface area contributed by atoms with E-state index >= 15 is 0 Å². The van der Waals surface area contributed by atoms with E-state index in [1.165, 1.54) is 32.1 Å². The van der Waals surface area contributed by atoms with Gasteiger partial charge in [0.25, 0.3) is 0 Å². The molecule has 0 amide bonds. The maximum absolute atomic E-state index is 8.40. The Bertz CT molecular complexity index is 162. The second kappa shape index (κ2) is 6.05. The predicted molar refractivity (Wildman–Crippen MR) is 49.7 cm³/mol. The summed E-state index contributed by atoms with van der Waals surface area (Å²) in [6.07, 6.45) is 6.68. The van der Waals surface area contributed by atoms with E-state index in [0.717, 1.165) is 6.54 Å². The van der Waals surface area contributed by atoms with E-state index in [-0.39, 0.29) is 6.61 Å². The molecule has 1 aliphatic rings. The van der Waals surface area contributed by atoms with Crippen LogP contribution < -0.4 is 5.32 Å². The molecule has 1 aliphatic carbocycles. The highest BCUT2D eigenvalue weighted by Gasteiger charge is 2.10. The van der Waals surface area contributed by atoms with E-state index in [2.05, 4.69) is 17.2 Å². The van der Waals surface area contributed by atoms with Crippen LogP contribution in [0.5, 0.6) is 0 Å². The van der Waals surface area contributed by atoms with Gasteiger partial charge in [-0.25, -0.2) is 0 Å². The first-order valence-corrected chi connectivity index (χ1v) is 4.73. The average Bonchev–Trinajstić information content (AvgIpc) is 2.14. The Morgan fingerprint density at radius 3 is 2.58 bits per heavy atom. The van der Waals surface area contributed by atoms with E-state index < -0.39 is 0 Å². The third kappa shape index (κ3) is 3.75. The van der Waals surface area contributed by atoms with Crippen molar-refractivity contribution in [3.05, 3.63) is 0 Å². The molecule has 0 spiro atoms. The Balaban J connectivity index is 2.05. The van der Waals surface area contributed by atoms with E-state index in [9.17, 15) is 0 Å². The summed E-state index contributed by atoms with van der Waals surface area (Å²) >= 11 is 0. The highest BCUT2D eigenvalue weighted by atomic mass is 16.2. The van der Waals surface area contributed by atoms with Gasteiger partial charge < -0.3 is 10.4 Å². The van der Waals surface area contributed by atoms with Crippen molar-refractivity contribution in [1.29, 1.82) is 0 Å². The molecule has 2 heteroatoms. The van der Waals surface area contributed by atoms with Crippen LogP contribution >= 0.6 is 0 Å². The van der Waals surface area contributed by atoms with E-state index in [0.29, 0.717) is 6.04 Å². The molecular formula is C10H17NO. The van der Waals surface area contributed by atoms with Crippen LogP contribution in [0, 0.1) is 11.8 Å². The molecule has 0 atom stereocenters. The monoisotopic (exact) mass is 167 g/mol. The zero-order valence-corrected chi connectivity index (χ0v) is 7.47. The van der Waals surface area contributed by atoms with Crippen molar-refractivity contribution in [3.63, 3.8) is 0 Å². The van der Waals surface area contributed by atoms with Crippen LogP contribution in [0.2, 0.25) is 0 Å². The lowest BCUT2D eigenvalue weighted by Crippen LogP contribution is -2.31. The van der Waals surface area contributed by atoms with Gasteiger partial charge in [-0.1, -0.05) is 31.1 Å². The Kier molecular flexibility index (Phi) is 4.82. The van der Waals surface area contributed by atoms with Gasteiger partial charge in [-0.3, -0.25) is 0 Å². The third-order valence-corrected chi connectivity index (χ3v) is 2.29. The van der Waals surface area contributed by atoms with Gasteiger partial charge in [0.15, 0.2) is 0 Å². The lowest BCUT2D eigenvalue weighted by atomic mass is 9.96. The summed E-state index contributed by atoms with van der Waals surface area (Å²) in [6, 6.07) is 0.673. The molecule has 2 N–H and O–H groups in total. The predicted octanol–water partition coefficient (Wildman–Crippen LogP) is 0.904. The number of aliphatic hydroxyl groups excluding tert-OH is 1. The highest BCUT2D eigenvalue weighted by molar-refractivity contribution is 5.00. The van der Waals surface area contributed by atoms with Gasteiger partial charge in [0.2, 0.25) is 0 Å². The largest absolute Gasteiger partial charge is 0.384 e. The maximum atomic E-state index is 8.40. The number of rotatable bonds is 2. The molecule has 0 saturated heterocycles. The normalized spacial score (nSPS) is 18.4. The second-order valence-corrected chi connectivity index (χ2v) is 3.23. The Morgan fingerprint density at radius 1 is 1.17 bits per heavy atom. The van der Waals surface area contributed by atoms with Gasteiger partial charge in [0.05, 0.1) is 6.54 Å². The van der Waals surface area contributed by atoms with Gasteiger partial charge in [-0.05, 0) is 12.8 Å². The number of aliphatic hydroxyl groups is 1. The summed E-state index contributed by atoms with van der Waals surface area (Å²) in [5.41, 5.74) is 0. The second-order valence-electron chi connectivity index (χ2n) is 3.23. The summed E-state index contributed by atoms with van der Waals surface area (Å²) in [4.78, 5) is 0. The fourth-order valence-corrected chi connectivity index (χ4v) is 1.62. The van der Waals surface area contributed by atoms with Crippen molar-refractivity contribution >= 4 is 0 Å². The van der Waals surface area contributed by atoms with Crippen molar-refractivity contribution < 1.29 is 5.11 Å². The molecule has 0 bridgehead atoms. The molecule has 0 heterocycles. The van der Waals surface area contributed by atoms with Crippen molar-refractivity contribution in [1.82, 2.24) is 5.32 Å².